The van der Waals surface area contributed by atoms with E-state index in [1.807, 2.05) is 6.07 Å². The second-order valence-electron chi connectivity index (χ2n) is 5.24. The molecule has 0 unspecified atom stereocenters. The Bertz CT molecular complexity index is 390. The minimum Gasteiger partial charge on any atom is -0.371 e. The minimum absolute atomic E-state index is 0.434. The first-order valence-electron chi connectivity index (χ1n) is 5.61. The van der Waals surface area contributed by atoms with Crippen molar-refractivity contribution in [2.45, 2.75) is 25.6 Å². The molecule has 0 atom stereocenters. The van der Waals surface area contributed by atoms with Gasteiger partial charge in [0, 0.05) is 29.1 Å². The molecule has 0 amide bonds. The van der Waals surface area contributed by atoms with Gasteiger partial charge >= 0.3 is 0 Å². The molecule has 0 aromatic heterocycles. The van der Waals surface area contributed by atoms with E-state index in [2.05, 4.69) is 46.8 Å². The van der Waals surface area contributed by atoms with Gasteiger partial charge in [-0.25, -0.2) is 0 Å². The van der Waals surface area contributed by atoms with Crippen LogP contribution >= 0.6 is 27.5 Å². The van der Waals surface area contributed by atoms with E-state index in [1.54, 1.807) is 0 Å². The number of benzene rings is 1. The van der Waals surface area contributed by atoms with Crippen molar-refractivity contribution < 1.29 is 0 Å². The smallest absolute Gasteiger partial charge is 0.0410 e. The van der Waals surface area contributed by atoms with Crippen molar-refractivity contribution in [2.24, 2.45) is 5.41 Å². The summed E-state index contributed by atoms with van der Waals surface area (Å²) in [7, 11) is 0. The maximum absolute atomic E-state index is 6.02. The normalized spacial score (nSPS) is 19.1. The van der Waals surface area contributed by atoms with E-state index in [4.69, 9.17) is 11.6 Å². The van der Waals surface area contributed by atoms with Crippen molar-refractivity contribution in [3.63, 3.8) is 0 Å². The van der Waals surface area contributed by atoms with E-state index in [-0.39, 0.29) is 0 Å². The highest BCUT2D eigenvalue weighted by Crippen LogP contribution is 2.35. The average molecular weight is 303 g/mol. The van der Waals surface area contributed by atoms with E-state index >= 15 is 0 Å². The van der Waals surface area contributed by atoms with Gasteiger partial charge in [0.25, 0.3) is 0 Å². The lowest BCUT2D eigenvalue weighted by atomic mass is 9.93. The van der Waals surface area contributed by atoms with Crippen LogP contribution < -0.4 is 4.90 Å². The van der Waals surface area contributed by atoms with Gasteiger partial charge < -0.3 is 4.90 Å². The quantitative estimate of drug-likeness (QED) is 0.729. The maximum atomic E-state index is 6.02. The Kier molecular flexibility index (Phi) is 3.50. The molecular weight excluding hydrogens is 286 g/mol. The van der Waals surface area contributed by atoms with E-state index < -0.39 is 0 Å². The number of hydrogen-bond donors (Lipinski definition) is 0. The highest BCUT2D eigenvalue weighted by molar-refractivity contribution is 9.08. The van der Waals surface area contributed by atoms with Gasteiger partial charge in [-0.15, -0.1) is 0 Å². The van der Waals surface area contributed by atoms with Gasteiger partial charge in [-0.3, -0.25) is 0 Å². The zero-order valence-electron chi connectivity index (χ0n) is 9.76. The lowest BCUT2D eigenvalue weighted by Crippen LogP contribution is -2.23. The third kappa shape index (κ3) is 2.54. The molecule has 1 fully saturated rings. The third-order valence-corrected chi connectivity index (χ3v) is 4.04. The molecule has 1 nitrogen and oxygen atoms in total. The molecule has 0 bridgehead atoms. The Morgan fingerprint density at radius 3 is 2.75 bits per heavy atom. The molecule has 88 valence electrons. The fraction of sp³-hybridized carbons (Fsp3) is 0.538. The zero-order chi connectivity index (χ0) is 11.8. The van der Waals surface area contributed by atoms with E-state index in [9.17, 15) is 0 Å². The van der Waals surface area contributed by atoms with E-state index in [0.29, 0.717) is 5.41 Å². The van der Waals surface area contributed by atoms with Crippen LogP contribution in [0.4, 0.5) is 5.69 Å². The molecule has 0 aliphatic carbocycles. The van der Waals surface area contributed by atoms with Crippen molar-refractivity contribution >= 4 is 33.2 Å². The van der Waals surface area contributed by atoms with Crippen molar-refractivity contribution in [1.29, 1.82) is 0 Å². The summed E-state index contributed by atoms with van der Waals surface area (Å²) in [4.78, 5) is 2.47. The second-order valence-corrected chi connectivity index (χ2v) is 6.24. The van der Waals surface area contributed by atoms with Crippen LogP contribution in [-0.2, 0) is 5.33 Å². The van der Waals surface area contributed by atoms with Gasteiger partial charge in [0.05, 0.1) is 0 Å². The standard InChI is InChI=1S/C13H17BrClN/c1-13(2)5-6-16(9-13)12-4-3-11(15)7-10(12)8-14/h3-4,7H,5-6,8-9H2,1-2H3. The first-order chi connectivity index (χ1) is 7.52. The highest BCUT2D eigenvalue weighted by atomic mass is 79.9. The lowest BCUT2D eigenvalue weighted by Gasteiger charge is -2.23. The van der Waals surface area contributed by atoms with Crippen molar-refractivity contribution in [3.05, 3.63) is 28.8 Å². The predicted molar refractivity (Wildman–Crippen MR) is 74.7 cm³/mol. The molecule has 1 aliphatic rings. The first kappa shape index (κ1) is 12.3. The fourth-order valence-electron chi connectivity index (χ4n) is 2.29. The molecule has 1 aromatic carbocycles. The number of rotatable bonds is 2. The monoisotopic (exact) mass is 301 g/mol. The van der Waals surface area contributed by atoms with Crippen molar-refractivity contribution in [3.8, 4) is 0 Å². The van der Waals surface area contributed by atoms with Gasteiger partial charge in [-0.1, -0.05) is 41.4 Å². The Morgan fingerprint density at radius 1 is 1.44 bits per heavy atom. The Morgan fingerprint density at radius 2 is 2.19 bits per heavy atom. The molecule has 0 saturated carbocycles. The summed E-state index contributed by atoms with van der Waals surface area (Å²) in [6, 6.07) is 6.17. The SMILES string of the molecule is CC1(C)CCN(c2ccc(Cl)cc2CBr)C1. The molecule has 2 rings (SSSR count). The van der Waals surface area contributed by atoms with Crippen LogP contribution in [0, 0.1) is 5.41 Å². The Hall–Kier alpha value is -0.210. The van der Waals surface area contributed by atoms with Gasteiger partial charge in [-0.05, 0) is 35.6 Å². The lowest BCUT2D eigenvalue weighted by molar-refractivity contribution is 0.418. The van der Waals surface area contributed by atoms with Gasteiger partial charge in [0.15, 0.2) is 0 Å². The zero-order valence-corrected chi connectivity index (χ0v) is 12.1. The predicted octanol–water partition coefficient (Wildman–Crippen LogP) is 4.47. The van der Waals surface area contributed by atoms with Crippen LogP contribution in [0.5, 0.6) is 0 Å². The molecule has 16 heavy (non-hydrogen) atoms. The topological polar surface area (TPSA) is 3.24 Å². The first-order valence-corrected chi connectivity index (χ1v) is 7.11. The molecular formula is C13H17BrClN. The van der Waals surface area contributed by atoms with Crippen LogP contribution in [-0.4, -0.2) is 13.1 Å². The molecule has 1 aliphatic heterocycles. The van der Waals surface area contributed by atoms with Gasteiger partial charge in [0.2, 0.25) is 0 Å². The third-order valence-electron chi connectivity index (χ3n) is 3.20. The summed E-state index contributed by atoms with van der Waals surface area (Å²) < 4.78 is 0. The molecule has 1 heterocycles. The number of nitrogens with zero attached hydrogens (tertiary/aromatic N) is 1. The van der Waals surface area contributed by atoms with Crippen LogP contribution in [0.2, 0.25) is 5.02 Å². The van der Waals surface area contributed by atoms with Gasteiger partial charge in [0.1, 0.15) is 0 Å². The summed E-state index contributed by atoms with van der Waals surface area (Å²) in [5, 5.41) is 1.68. The van der Waals surface area contributed by atoms with Crippen molar-refractivity contribution in [2.75, 3.05) is 18.0 Å². The summed E-state index contributed by atoms with van der Waals surface area (Å²) in [6.07, 6.45) is 1.26. The molecule has 3 heteroatoms. The Labute approximate surface area is 111 Å². The van der Waals surface area contributed by atoms with Crippen LogP contribution in [0.15, 0.2) is 18.2 Å². The fourth-order valence-corrected chi connectivity index (χ4v) is 2.93. The Balaban J connectivity index is 2.27. The number of hydrogen-bond acceptors (Lipinski definition) is 1. The van der Waals surface area contributed by atoms with Crippen LogP contribution in [0.3, 0.4) is 0 Å². The summed E-state index contributed by atoms with van der Waals surface area (Å²) in [6.45, 7) is 6.94. The van der Waals surface area contributed by atoms with Crippen molar-refractivity contribution in [1.82, 2.24) is 0 Å². The van der Waals surface area contributed by atoms with Gasteiger partial charge in [-0.2, -0.15) is 0 Å². The highest BCUT2D eigenvalue weighted by Gasteiger charge is 2.30. The minimum atomic E-state index is 0.434. The van der Waals surface area contributed by atoms with E-state index in [1.165, 1.54) is 17.7 Å². The maximum Gasteiger partial charge on any atom is 0.0410 e. The number of anilines is 1. The molecule has 1 saturated heterocycles. The molecule has 0 spiro atoms. The van der Waals surface area contributed by atoms with E-state index in [0.717, 1.165) is 23.4 Å². The summed E-state index contributed by atoms with van der Waals surface area (Å²) in [5.74, 6) is 0. The average Bonchev–Trinajstić information content (AvgIpc) is 2.58. The summed E-state index contributed by atoms with van der Waals surface area (Å²) in [5.41, 5.74) is 3.04. The number of halogens is 2. The van der Waals surface area contributed by atoms with Crippen LogP contribution in [0.25, 0.3) is 0 Å². The molecule has 1 aromatic rings. The van der Waals surface area contributed by atoms with Crippen LogP contribution in [0.1, 0.15) is 25.8 Å². The molecule has 0 N–H and O–H groups in total. The largest absolute Gasteiger partial charge is 0.371 e. The number of alkyl halides is 1. The molecule has 0 radical (unpaired) electrons. The second kappa shape index (κ2) is 4.58. The summed E-state index contributed by atoms with van der Waals surface area (Å²) >= 11 is 9.55.